The zero-order valence-electron chi connectivity index (χ0n) is 16.2. The number of amides is 1. The van der Waals surface area contributed by atoms with Gasteiger partial charge in [0, 0.05) is 12.5 Å². The van der Waals surface area contributed by atoms with Crippen molar-refractivity contribution in [3.63, 3.8) is 0 Å². The van der Waals surface area contributed by atoms with E-state index in [2.05, 4.69) is 28.4 Å². The lowest BCUT2D eigenvalue weighted by molar-refractivity contribution is -0.117. The molecule has 0 aliphatic carbocycles. The summed E-state index contributed by atoms with van der Waals surface area (Å²) >= 11 is 8.11. The normalized spacial score (nSPS) is 17.8. The summed E-state index contributed by atoms with van der Waals surface area (Å²) in [6, 6.07) is 12.2. The molecule has 1 N–H and O–H groups in total. The summed E-state index contributed by atoms with van der Waals surface area (Å²) in [4.78, 5) is 19.7. The van der Waals surface area contributed by atoms with Gasteiger partial charge in [0.2, 0.25) is 5.91 Å². The van der Waals surface area contributed by atoms with Crippen LogP contribution in [0.1, 0.15) is 34.9 Å². The third-order valence-corrected chi connectivity index (χ3v) is 6.73. The van der Waals surface area contributed by atoms with Gasteiger partial charge in [-0.2, -0.15) is 0 Å². The molecule has 1 aromatic heterocycles. The van der Waals surface area contributed by atoms with Crippen molar-refractivity contribution >= 4 is 44.7 Å². The first-order valence-electron chi connectivity index (χ1n) is 9.64. The van der Waals surface area contributed by atoms with Gasteiger partial charge in [0.05, 0.1) is 32.5 Å². The number of piperidine rings is 1. The van der Waals surface area contributed by atoms with E-state index in [0.29, 0.717) is 17.5 Å². The number of hydrogen-bond acceptors (Lipinski definition) is 4. The van der Waals surface area contributed by atoms with Crippen molar-refractivity contribution in [1.82, 2.24) is 9.88 Å². The Morgan fingerprint density at radius 1 is 1.32 bits per heavy atom. The van der Waals surface area contributed by atoms with Gasteiger partial charge in [0.25, 0.3) is 0 Å². The van der Waals surface area contributed by atoms with Crippen LogP contribution in [0.25, 0.3) is 10.2 Å². The van der Waals surface area contributed by atoms with Crippen LogP contribution in [0, 0.1) is 13.8 Å². The first-order chi connectivity index (χ1) is 13.5. The average molecular weight is 414 g/mol. The zero-order chi connectivity index (χ0) is 19.7. The molecule has 1 fully saturated rings. The number of para-hydroxylation sites is 1. The smallest absolute Gasteiger partial charge is 0.238 e. The number of aromatic nitrogens is 1. The SMILES string of the molecule is Cc1cc(C)c(NC(=O)CN2CCC[C@@H](c3nc4ccccc4s3)C2)c(Cl)c1. The number of aryl methyl sites for hydroxylation is 2. The Labute approximate surface area is 174 Å². The highest BCUT2D eigenvalue weighted by Crippen LogP contribution is 2.33. The molecule has 1 aliphatic heterocycles. The Hall–Kier alpha value is -1.95. The summed E-state index contributed by atoms with van der Waals surface area (Å²) in [5.74, 6) is 0.377. The molecule has 146 valence electrons. The van der Waals surface area contributed by atoms with E-state index in [1.54, 1.807) is 11.3 Å². The summed E-state index contributed by atoms with van der Waals surface area (Å²) in [6.45, 7) is 6.16. The van der Waals surface area contributed by atoms with Crippen LogP contribution in [0.2, 0.25) is 5.02 Å². The van der Waals surface area contributed by atoms with Gasteiger partial charge in [-0.15, -0.1) is 11.3 Å². The summed E-state index contributed by atoms with van der Waals surface area (Å²) in [5.41, 5.74) is 3.87. The predicted octanol–water partition coefficient (Wildman–Crippen LogP) is 5.38. The molecule has 0 bridgehead atoms. The molecule has 2 aromatic carbocycles. The van der Waals surface area contributed by atoms with Gasteiger partial charge in [0.1, 0.15) is 0 Å². The summed E-state index contributed by atoms with van der Waals surface area (Å²) < 4.78 is 1.23. The molecule has 2 heterocycles. The molecule has 0 radical (unpaired) electrons. The van der Waals surface area contributed by atoms with Gasteiger partial charge >= 0.3 is 0 Å². The minimum atomic E-state index is -0.0150. The Bertz CT molecular complexity index is 960. The number of rotatable bonds is 4. The molecule has 1 aliphatic rings. The van der Waals surface area contributed by atoms with E-state index in [9.17, 15) is 4.79 Å². The lowest BCUT2D eigenvalue weighted by Crippen LogP contribution is -2.39. The van der Waals surface area contributed by atoms with Gasteiger partial charge in [-0.1, -0.05) is 29.8 Å². The molecule has 1 amide bonds. The van der Waals surface area contributed by atoms with E-state index in [0.717, 1.165) is 48.3 Å². The molecule has 4 nitrogen and oxygen atoms in total. The fourth-order valence-corrected chi connectivity index (χ4v) is 5.38. The lowest BCUT2D eigenvalue weighted by atomic mass is 9.99. The van der Waals surface area contributed by atoms with Crippen molar-refractivity contribution in [2.45, 2.75) is 32.6 Å². The van der Waals surface area contributed by atoms with Crippen LogP contribution < -0.4 is 5.32 Å². The number of fused-ring (bicyclic) bond motifs is 1. The lowest BCUT2D eigenvalue weighted by Gasteiger charge is -2.31. The number of anilines is 1. The van der Waals surface area contributed by atoms with Crippen LogP contribution in [0.5, 0.6) is 0 Å². The number of likely N-dealkylation sites (tertiary alicyclic amines) is 1. The fraction of sp³-hybridized carbons (Fsp3) is 0.364. The van der Waals surface area contributed by atoms with Gasteiger partial charge in [-0.3, -0.25) is 9.69 Å². The van der Waals surface area contributed by atoms with E-state index in [1.807, 2.05) is 32.0 Å². The largest absolute Gasteiger partial charge is 0.323 e. The van der Waals surface area contributed by atoms with Crippen LogP contribution in [0.15, 0.2) is 36.4 Å². The van der Waals surface area contributed by atoms with Crippen molar-refractivity contribution < 1.29 is 4.79 Å². The Balaban J connectivity index is 1.41. The number of carbonyl (C=O) groups excluding carboxylic acids is 1. The minimum absolute atomic E-state index is 0.0150. The second-order valence-electron chi connectivity index (χ2n) is 7.58. The maximum Gasteiger partial charge on any atom is 0.238 e. The van der Waals surface area contributed by atoms with E-state index in [1.165, 1.54) is 9.71 Å². The molecule has 0 saturated carbocycles. The van der Waals surface area contributed by atoms with Crippen LogP contribution in [0.4, 0.5) is 5.69 Å². The number of thiazole rings is 1. The standard InChI is InChI=1S/C22H24ClN3OS/c1-14-10-15(2)21(17(23)11-14)25-20(27)13-26-9-5-6-16(12-26)22-24-18-7-3-4-8-19(18)28-22/h3-4,7-8,10-11,16H,5-6,9,12-13H2,1-2H3,(H,25,27)/t16-/m1/s1. The Morgan fingerprint density at radius 3 is 2.93 bits per heavy atom. The Kier molecular flexibility index (Phi) is 5.67. The molecule has 28 heavy (non-hydrogen) atoms. The van der Waals surface area contributed by atoms with Crippen LogP contribution in [0.3, 0.4) is 0 Å². The molecule has 1 atom stereocenters. The minimum Gasteiger partial charge on any atom is -0.323 e. The van der Waals surface area contributed by atoms with Gasteiger partial charge in [0.15, 0.2) is 0 Å². The second kappa shape index (κ2) is 8.19. The number of nitrogens with zero attached hydrogens (tertiary/aromatic N) is 2. The van der Waals surface area contributed by atoms with Crippen molar-refractivity contribution in [2.24, 2.45) is 0 Å². The van der Waals surface area contributed by atoms with Gasteiger partial charge < -0.3 is 5.32 Å². The second-order valence-corrected chi connectivity index (χ2v) is 9.05. The first-order valence-corrected chi connectivity index (χ1v) is 10.8. The van der Waals surface area contributed by atoms with E-state index >= 15 is 0 Å². The highest BCUT2D eigenvalue weighted by molar-refractivity contribution is 7.18. The first kappa shape index (κ1) is 19.4. The number of nitrogens with one attached hydrogen (secondary N) is 1. The number of benzene rings is 2. The molecule has 0 spiro atoms. The summed E-state index contributed by atoms with van der Waals surface area (Å²) in [7, 11) is 0. The van der Waals surface area contributed by atoms with E-state index in [-0.39, 0.29) is 5.91 Å². The summed E-state index contributed by atoms with van der Waals surface area (Å²) in [5, 5.41) is 4.78. The number of carbonyl (C=O) groups is 1. The fourth-order valence-electron chi connectivity index (χ4n) is 3.92. The van der Waals surface area contributed by atoms with E-state index < -0.39 is 0 Å². The van der Waals surface area contributed by atoms with Gasteiger partial charge in [-0.05, 0) is 62.6 Å². The van der Waals surface area contributed by atoms with Crippen molar-refractivity contribution in [1.29, 1.82) is 0 Å². The molecule has 4 rings (SSSR count). The van der Waals surface area contributed by atoms with Crippen molar-refractivity contribution in [3.8, 4) is 0 Å². The quantitative estimate of drug-likeness (QED) is 0.624. The van der Waals surface area contributed by atoms with Crippen LogP contribution in [-0.4, -0.2) is 35.4 Å². The average Bonchev–Trinajstić information content (AvgIpc) is 3.09. The molecule has 0 unspecified atom stereocenters. The number of hydrogen-bond donors (Lipinski definition) is 1. The highest BCUT2D eigenvalue weighted by Gasteiger charge is 2.25. The number of halogens is 1. The molecular formula is C22H24ClN3OS. The molecular weight excluding hydrogens is 390 g/mol. The third-order valence-electron chi connectivity index (χ3n) is 5.23. The molecule has 3 aromatic rings. The van der Waals surface area contributed by atoms with Crippen LogP contribution >= 0.6 is 22.9 Å². The monoisotopic (exact) mass is 413 g/mol. The topological polar surface area (TPSA) is 45.2 Å². The van der Waals surface area contributed by atoms with Crippen LogP contribution in [-0.2, 0) is 4.79 Å². The Morgan fingerprint density at radius 2 is 2.14 bits per heavy atom. The maximum atomic E-state index is 12.6. The highest BCUT2D eigenvalue weighted by atomic mass is 35.5. The van der Waals surface area contributed by atoms with Crippen molar-refractivity contribution in [3.05, 3.63) is 57.6 Å². The third kappa shape index (κ3) is 4.22. The maximum absolute atomic E-state index is 12.6. The predicted molar refractivity (Wildman–Crippen MR) is 118 cm³/mol. The van der Waals surface area contributed by atoms with Crippen molar-refractivity contribution in [2.75, 3.05) is 25.0 Å². The van der Waals surface area contributed by atoms with E-state index in [4.69, 9.17) is 16.6 Å². The zero-order valence-corrected chi connectivity index (χ0v) is 17.7. The molecule has 1 saturated heterocycles. The summed E-state index contributed by atoms with van der Waals surface area (Å²) in [6.07, 6.45) is 2.21. The molecule has 6 heteroatoms. The van der Waals surface area contributed by atoms with Gasteiger partial charge in [-0.25, -0.2) is 4.98 Å².